The molecule has 0 aliphatic carbocycles. The number of benzene rings is 7. The van der Waals surface area contributed by atoms with Crippen molar-refractivity contribution in [3.05, 3.63) is 217 Å². The van der Waals surface area contributed by atoms with Crippen molar-refractivity contribution in [1.82, 2.24) is 39.9 Å². The first-order valence-electron chi connectivity index (χ1n) is 29.5. The Morgan fingerprint density at radius 2 is 0.561 bits per heavy atom. The SMILES string of the molecule is CCCCCCCCOc1cc2c(cc1OCCCCCCCC)-c1nc-2nc2[nH]c(nc3nc(nc4[nH]c(n1)c(-c1ccccc1)c4-c1ccccc1)C(c1ccccc1)=C3c1ccccc1)c(-c1ccccc1)c2-c1ccccc1. The van der Waals surface area contributed by atoms with E-state index in [1.54, 1.807) is 0 Å². The highest BCUT2D eigenvalue weighted by molar-refractivity contribution is 6.07. The summed E-state index contributed by atoms with van der Waals surface area (Å²) < 4.78 is 13.6. The van der Waals surface area contributed by atoms with Crippen LogP contribution >= 0.6 is 0 Å². The number of hydrogen-bond acceptors (Lipinski definition) is 8. The lowest BCUT2D eigenvalue weighted by molar-refractivity contribution is 0.258. The van der Waals surface area contributed by atoms with Crippen LogP contribution in [0, 0.1) is 0 Å². The Bertz CT molecular complexity index is 3740. The van der Waals surface area contributed by atoms with Crippen molar-refractivity contribution in [3.63, 3.8) is 0 Å². The van der Waals surface area contributed by atoms with Crippen LogP contribution in [0.25, 0.3) is 101 Å². The van der Waals surface area contributed by atoms with Crippen molar-refractivity contribution < 1.29 is 9.47 Å². The van der Waals surface area contributed by atoms with Gasteiger partial charge in [-0.05, 0) is 58.4 Å². The first-order chi connectivity index (χ1) is 40.6. The smallest absolute Gasteiger partial charge is 0.165 e. The molecule has 0 atom stereocenters. The fourth-order valence-electron chi connectivity index (χ4n) is 11.3. The number of fused-ring (bicyclic) bond motifs is 11. The summed E-state index contributed by atoms with van der Waals surface area (Å²) in [5.41, 5.74) is 14.8. The van der Waals surface area contributed by atoms with Gasteiger partial charge in [-0.1, -0.05) is 260 Å². The van der Waals surface area contributed by atoms with Crippen molar-refractivity contribution in [1.29, 1.82) is 0 Å². The molecular formula is C72H68N8O2. The minimum atomic E-state index is 0.475. The molecule has 82 heavy (non-hydrogen) atoms. The third kappa shape index (κ3) is 11.5. The molecule has 0 radical (unpaired) electrons. The van der Waals surface area contributed by atoms with Gasteiger partial charge in [0.15, 0.2) is 34.8 Å². The number of unbranched alkanes of at least 4 members (excludes halogenated alkanes) is 10. The second-order valence-corrected chi connectivity index (χ2v) is 21.1. The van der Waals surface area contributed by atoms with E-state index in [1.165, 1.54) is 51.4 Å². The standard InChI is InChI=1S/C72H68N8O2/c1-3-5-7-9-11-31-45-81-57-47-55-56(48-58(57)82-46-32-12-10-8-6-4-2)66-73-65(55)74-67-59(49-33-19-13-20-34-49)61(51-37-23-15-24-38-51)69(76-67)78-71-63(53-41-27-17-28-42-53)64(54-43-29-18-30-44-54)72(80-71)79-70-62(52-39-25-16-26-40-52)60(68(75-66)77-70)50-35-21-14-22-36-50/h13-30,33-44,47-48H,3-12,31-32,45-46H2,1-2H3,(H2,73,74,75,76,77,78,79,80). The van der Waals surface area contributed by atoms with Gasteiger partial charge in [-0.3, -0.25) is 0 Å². The Morgan fingerprint density at radius 1 is 0.293 bits per heavy atom. The minimum absolute atomic E-state index is 0.475. The summed E-state index contributed by atoms with van der Waals surface area (Å²) in [6.07, 6.45) is 13.9. The van der Waals surface area contributed by atoms with Gasteiger partial charge in [0.1, 0.15) is 22.6 Å². The number of nitrogens with one attached hydrogen (secondary N) is 2. The molecule has 0 fully saturated rings. The van der Waals surface area contributed by atoms with Crippen LogP contribution < -0.4 is 9.47 Å². The summed E-state index contributed by atoms with van der Waals surface area (Å²) in [5, 5.41) is 0. The highest BCUT2D eigenvalue weighted by Gasteiger charge is 2.30. The summed E-state index contributed by atoms with van der Waals surface area (Å²) >= 11 is 0. The molecule has 5 heterocycles. The Kier molecular flexibility index (Phi) is 16.6. The monoisotopic (exact) mass is 1080 g/mol. The molecule has 2 N–H and O–H groups in total. The molecule has 2 aliphatic heterocycles. The average molecular weight is 1080 g/mol. The molecular weight excluding hydrogens is 1010 g/mol. The summed E-state index contributed by atoms with van der Waals surface area (Å²) in [4.78, 5) is 41.2. The summed E-state index contributed by atoms with van der Waals surface area (Å²) in [5.74, 6) is 3.29. The van der Waals surface area contributed by atoms with E-state index in [0.29, 0.717) is 70.6 Å². The maximum Gasteiger partial charge on any atom is 0.165 e. The van der Waals surface area contributed by atoms with E-state index in [-0.39, 0.29) is 0 Å². The molecule has 408 valence electrons. The predicted octanol–water partition coefficient (Wildman–Crippen LogP) is 18.4. The first-order valence-corrected chi connectivity index (χ1v) is 29.5. The molecule has 2 aliphatic rings. The van der Waals surface area contributed by atoms with Crippen LogP contribution in [0.5, 0.6) is 11.5 Å². The first kappa shape index (κ1) is 53.4. The lowest BCUT2D eigenvalue weighted by Gasteiger charge is -2.15. The van der Waals surface area contributed by atoms with E-state index in [0.717, 1.165) is 104 Å². The lowest BCUT2D eigenvalue weighted by Crippen LogP contribution is -2.03. The molecule has 8 bridgehead atoms. The van der Waals surface area contributed by atoms with Crippen LogP contribution in [-0.4, -0.2) is 53.1 Å². The zero-order valence-corrected chi connectivity index (χ0v) is 46.9. The second kappa shape index (κ2) is 25.4. The number of aromatic amines is 2. The van der Waals surface area contributed by atoms with E-state index in [4.69, 9.17) is 39.4 Å². The van der Waals surface area contributed by atoms with E-state index in [1.807, 2.05) is 36.4 Å². The number of aromatic nitrogens is 8. The molecule has 7 aromatic carbocycles. The molecule has 10 aromatic rings. The molecule has 0 saturated heterocycles. The molecule has 12 rings (SSSR count). The summed E-state index contributed by atoms with van der Waals surface area (Å²) in [7, 11) is 0. The zero-order valence-electron chi connectivity index (χ0n) is 46.9. The second-order valence-electron chi connectivity index (χ2n) is 21.1. The van der Waals surface area contributed by atoms with Gasteiger partial charge in [0.2, 0.25) is 0 Å². The van der Waals surface area contributed by atoms with Gasteiger partial charge in [0.05, 0.1) is 13.2 Å². The van der Waals surface area contributed by atoms with Gasteiger partial charge in [0, 0.05) is 44.5 Å². The maximum absolute atomic E-state index is 6.80. The van der Waals surface area contributed by atoms with Gasteiger partial charge in [-0.15, -0.1) is 0 Å². The highest BCUT2D eigenvalue weighted by Crippen LogP contribution is 2.46. The number of ether oxygens (including phenoxy) is 2. The third-order valence-corrected chi connectivity index (χ3v) is 15.4. The topological polar surface area (TPSA) is 127 Å². The molecule has 10 heteroatoms. The van der Waals surface area contributed by atoms with Crippen molar-refractivity contribution in [3.8, 4) is 78.8 Å². The Hall–Kier alpha value is -9.28. The molecule has 0 amide bonds. The van der Waals surface area contributed by atoms with Gasteiger partial charge >= 0.3 is 0 Å². The van der Waals surface area contributed by atoms with E-state index in [9.17, 15) is 0 Å². The quantitative estimate of drug-likeness (QED) is 0.0643. The van der Waals surface area contributed by atoms with E-state index in [2.05, 4.69) is 182 Å². The molecule has 0 unspecified atom stereocenters. The van der Waals surface area contributed by atoms with Crippen molar-refractivity contribution >= 4 is 33.7 Å². The molecule has 3 aromatic heterocycles. The fourth-order valence-corrected chi connectivity index (χ4v) is 11.3. The number of hydrogen-bond donors (Lipinski definition) is 2. The van der Waals surface area contributed by atoms with Crippen LogP contribution in [-0.2, 0) is 0 Å². The van der Waals surface area contributed by atoms with Crippen LogP contribution in [0.3, 0.4) is 0 Å². The van der Waals surface area contributed by atoms with Gasteiger partial charge in [-0.2, -0.15) is 0 Å². The molecule has 10 nitrogen and oxygen atoms in total. The van der Waals surface area contributed by atoms with Crippen LogP contribution in [0.15, 0.2) is 194 Å². The van der Waals surface area contributed by atoms with Crippen LogP contribution in [0.1, 0.15) is 114 Å². The largest absolute Gasteiger partial charge is 0.490 e. The molecule has 0 saturated carbocycles. The van der Waals surface area contributed by atoms with Crippen molar-refractivity contribution in [2.75, 3.05) is 13.2 Å². The normalized spacial score (nSPS) is 11.9. The van der Waals surface area contributed by atoms with E-state index < -0.39 is 0 Å². The number of rotatable bonds is 22. The maximum atomic E-state index is 6.80. The van der Waals surface area contributed by atoms with Gasteiger partial charge < -0.3 is 19.4 Å². The Labute approximate surface area is 480 Å². The number of H-pyrrole nitrogens is 2. The predicted molar refractivity (Wildman–Crippen MR) is 334 cm³/mol. The Balaban J connectivity index is 1.19. The number of nitrogens with zero attached hydrogens (tertiary/aromatic N) is 6. The van der Waals surface area contributed by atoms with Gasteiger partial charge in [0.25, 0.3) is 0 Å². The minimum Gasteiger partial charge on any atom is -0.490 e. The summed E-state index contributed by atoms with van der Waals surface area (Å²) in [6, 6.07) is 66.5. The third-order valence-electron chi connectivity index (χ3n) is 15.4. The highest BCUT2D eigenvalue weighted by atomic mass is 16.5. The van der Waals surface area contributed by atoms with Crippen LogP contribution in [0.4, 0.5) is 0 Å². The summed E-state index contributed by atoms with van der Waals surface area (Å²) in [6.45, 7) is 5.64. The van der Waals surface area contributed by atoms with Crippen LogP contribution in [0.2, 0.25) is 0 Å². The molecule has 0 spiro atoms. The van der Waals surface area contributed by atoms with Crippen molar-refractivity contribution in [2.24, 2.45) is 0 Å². The zero-order chi connectivity index (χ0) is 55.5. The fraction of sp³-hybridized carbons (Fsp3) is 0.222. The van der Waals surface area contributed by atoms with E-state index >= 15 is 0 Å². The average Bonchev–Trinajstić information content (AvgIpc) is 4.34. The Morgan fingerprint density at radius 3 is 0.878 bits per heavy atom. The van der Waals surface area contributed by atoms with Crippen molar-refractivity contribution in [2.45, 2.75) is 90.9 Å². The van der Waals surface area contributed by atoms with Gasteiger partial charge in [-0.25, -0.2) is 29.9 Å². The lowest BCUT2D eigenvalue weighted by atomic mass is 9.95.